The molecule has 0 unspecified atom stereocenters. The number of benzene rings is 1. The van der Waals surface area contributed by atoms with Crippen LogP contribution in [0.4, 0.5) is 5.69 Å². The number of hydrogen-bond acceptors (Lipinski definition) is 4. The van der Waals surface area contributed by atoms with Gasteiger partial charge in [-0.25, -0.2) is 4.98 Å². The van der Waals surface area contributed by atoms with Crippen molar-refractivity contribution in [3.05, 3.63) is 45.4 Å². The first kappa shape index (κ1) is 21.0. The van der Waals surface area contributed by atoms with Crippen molar-refractivity contribution in [3.63, 3.8) is 0 Å². The van der Waals surface area contributed by atoms with E-state index in [0.717, 1.165) is 42.7 Å². The van der Waals surface area contributed by atoms with Crippen molar-refractivity contribution in [2.24, 2.45) is 4.99 Å². The zero-order valence-corrected chi connectivity index (χ0v) is 18.9. The molecule has 1 aliphatic rings. The lowest BCUT2D eigenvalue weighted by Gasteiger charge is -2.28. The van der Waals surface area contributed by atoms with Crippen molar-refractivity contribution in [2.45, 2.75) is 32.7 Å². The number of halogens is 1. The van der Waals surface area contributed by atoms with Gasteiger partial charge >= 0.3 is 0 Å². The van der Waals surface area contributed by atoms with E-state index in [4.69, 9.17) is 0 Å². The summed E-state index contributed by atoms with van der Waals surface area (Å²) < 4.78 is 0. The summed E-state index contributed by atoms with van der Waals surface area (Å²) in [7, 11) is 3.98. The molecule has 0 atom stereocenters. The number of fused-ring (bicyclic) bond motifs is 1. The summed E-state index contributed by atoms with van der Waals surface area (Å²) in [5, 5.41) is 10.0. The second kappa shape index (κ2) is 10.1. The van der Waals surface area contributed by atoms with Crippen LogP contribution >= 0.6 is 35.3 Å². The fourth-order valence-electron chi connectivity index (χ4n) is 3.19. The minimum atomic E-state index is 0. The van der Waals surface area contributed by atoms with Gasteiger partial charge in [0.2, 0.25) is 0 Å². The van der Waals surface area contributed by atoms with Crippen LogP contribution in [0.5, 0.6) is 0 Å². The number of nitrogens with one attached hydrogen (secondary N) is 2. The summed E-state index contributed by atoms with van der Waals surface area (Å²) >= 11 is 1.70. The van der Waals surface area contributed by atoms with Crippen molar-refractivity contribution in [1.82, 2.24) is 15.6 Å². The van der Waals surface area contributed by atoms with Crippen LogP contribution in [-0.2, 0) is 19.4 Å². The summed E-state index contributed by atoms with van der Waals surface area (Å²) in [4.78, 5) is 11.1. The van der Waals surface area contributed by atoms with Crippen molar-refractivity contribution in [1.29, 1.82) is 0 Å². The van der Waals surface area contributed by atoms with Crippen LogP contribution in [0.1, 0.15) is 28.2 Å². The van der Waals surface area contributed by atoms with Gasteiger partial charge in [-0.1, -0.05) is 12.1 Å². The molecule has 0 fully saturated rings. The van der Waals surface area contributed by atoms with Crippen molar-refractivity contribution in [2.75, 3.05) is 32.1 Å². The molecule has 7 heteroatoms. The molecular formula is C19H28IN5S. The number of anilines is 1. The van der Waals surface area contributed by atoms with Crippen LogP contribution in [0.15, 0.2) is 28.6 Å². The van der Waals surface area contributed by atoms with Crippen LogP contribution in [0, 0.1) is 6.92 Å². The summed E-state index contributed by atoms with van der Waals surface area (Å²) in [5.41, 5.74) is 5.27. The van der Waals surface area contributed by atoms with Gasteiger partial charge in [-0.2, -0.15) is 0 Å². The van der Waals surface area contributed by atoms with E-state index >= 15 is 0 Å². The van der Waals surface area contributed by atoms with E-state index in [9.17, 15) is 0 Å². The number of thiazole rings is 1. The molecule has 0 spiro atoms. The Kier molecular flexibility index (Phi) is 8.15. The highest BCUT2D eigenvalue weighted by atomic mass is 127. The molecule has 5 nitrogen and oxygen atoms in total. The predicted octanol–water partition coefficient (Wildman–Crippen LogP) is 3.36. The zero-order chi connectivity index (χ0) is 17.6. The summed E-state index contributed by atoms with van der Waals surface area (Å²) in [5.74, 6) is 0.835. The minimum absolute atomic E-state index is 0. The van der Waals surface area contributed by atoms with Gasteiger partial charge in [0.25, 0.3) is 0 Å². The van der Waals surface area contributed by atoms with Gasteiger partial charge in [-0.3, -0.25) is 4.99 Å². The Morgan fingerprint density at radius 3 is 2.92 bits per heavy atom. The van der Waals surface area contributed by atoms with Crippen LogP contribution < -0.4 is 15.5 Å². The molecule has 1 aromatic heterocycles. The van der Waals surface area contributed by atoms with E-state index in [-0.39, 0.29) is 24.0 Å². The molecule has 26 heavy (non-hydrogen) atoms. The fraction of sp³-hybridized carbons (Fsp3) is 0.474. The van der Waals surface area contributed by atoms with E-state index in [1.165, 1.54) is 29.7 Å². The molecular weight excluding hydrogens is 457 g/mol. The Morgan fingerprint density at radius 1 is 1.35 bits per heavy atom. The first-order chi connectivity index (χ1) is 12.2. The molecule has 1 aliphatic heterocycles. The van der Waals surface area contributed by atoms with Gasteiger partial charge in [-0.15, -0.1) is 35.3 Å². The van der Waals surface area contributed by atoms with Crippen LogP contribution in [0.25, 0.3) is 0 Å². The Labute approximate surface area is 177 Å². The number of aryl methyl sites for hydroxylation is 2. The van der Waals surface area contributed by atoms with Gasteiger partial charge in [0.1, 0.15) is 0 Å². The highest BCUT2D eigenvalue weighted by Gasteiger charge is 2.13. The maximum absolute atomic E-state index is 4.49. The molecule has 1 aromatic carbocycles. The molecule has 2 heterocycles. The van der Waals surface area contributed by atoms with Gasteiger partial charge in [-0.05, 0) is 37.0 Å². The Bertz CT molecular complexity index is 743. The Hall–Kier alpha value is -1.35. The van der Waals surface area contributed by atoms with Crippen molar-refractivity contribution < 1.29 is 0 Å². The molecule has 2 N–H and O–H groups in total. The van der Waals surface area contributed by atoms with E-state index in [1.54, 1.807) is 11.3 Å². The lowest BCUT2D eigenvalue weighted by atomic mass is 9.99. The number of rotatable bonds is 5. The zero-order valence-electron chi connectivity index (χ0n) is 15.7. The molecule has 0 amide bonds. The van der Waals surface area contributed by atoms with E-state index in [1.807, 2.05) is 14.0 Å². The molecule has 0 aliphatic carbocycles. The molecule has 0 saturated carbocycles. The Morgan fingerprint density at radius 2 is 2.19 bits per heavy atom. The van der Waals surface area contributed by atoms with Crippen LogP contribution in [0.2, 0.25) is 0 Å². The molecule has 3 rings (SSSR count). The lowest BCUT2D eigenvalue weighted by Crippen LogP contribution is -2.38. The van der Waals surface area contributed by atoms with E-state index < -0.39 is 0 Å². The van der Waals surface area contributed by atoms with Gasteiger partial charge < -0.3 is 15.5 Å². The smallest absolute Gasteiger partial charge is 0.191 e. The fourth-order valence-corrected chi connectivity index (χ4v) is 3.83. The molecule has 2 aromatic rings. The van der Waals surface area contributed by atoms with E-state index in [0.29, 0.717) is 0 Å². The average Bonchev–Trinajstić information content (AvgIpc) is 3.03. The molecule has 0 radical (unpaired) electrons. The van der Waals surface area contributed by atoms with E-state index in [2.05, 4.69) is 56.1 Å². The highest BCUT2D eigenvalue weighted by molar-refractivity contribution is 14.0. The standard InChI is InChI=1S/C19H27N5S.HI/c1-14-23-17(13-25-14)8-9-21-19(20-2)22-12-15-6-7-18-16(11-15)5-4-10-24(18)3;/h6-7,11,13H,4-5,8-10,12H2,1-3H3,(H2,20,21,22);1H. The first-order valence-electron chi connectivity index (χ1n) is 8.84. The number of hydrogen-bond donors (Lipinski definition) is 2. The molecule has 142 valence electrons. The minimum Gasteiger partial charge on any atom is -0.374 e. The van der Waals surface area contributed by atoms with Crippen molar-refractivity contribution >= 4 is 47.0 Å². The normalized spacial score (nSPS) is 13.8. The van der Waals surface area contributed by atoms with Crippen molar-refractivity contribution in [3.8, 4) is 0 Å². The molecule has 0 saturated heterocycles. The SMILES string of the molecule is CN=C(NCCc1csc(C)n1)NCc1ccc2c(c1)CCCN2C.I. The van der Waals surface area contributed by atoms with Gasteiger partial charge in [0.05, 0.1) is 10.7 Å². The quantitative estimate of drug-likeness (QED) is 0.388. The van der Waals surface area contributed by atoms with Crippen LogP contribution in [0.3, 0.4) is 0 Å². The van der Waals surface area contributed by atoms with Gasteiger partial charge in [0, 0.05) is 51.2 Å². The largest absolute Gasteiger partial charge is 0.374 e. The lowest BCUT2D eigenvalue weighted by molar-refractivity contribution is 0.740. The number of aromatic nitrogens is 1. The monoisotopic (exact) mass is 485 g/mol. The second-order valence-electron chi connectivity index (χ2n) is 6.45. The second-order valence-corrected chi connectivity index (χ2v) is 7.51. The molecule has 0 bridgehead atoms. The van der Waals surface area contributed by atoms with Gasteiger partial charge in [0.15, 0.2) is 5.96 Å². The maximum atomic E-state index is 4.49. The Balaban J connectivity index is 0.00000243. The number of nitrogens with zero attached hydrogens (tertiary/aromatic N) is 3. The maximum Gasteiger partial charge on any atom is 0.191 e. The summed E-state index contributed by atoms with van der Waals surface area (Å²) in [6, 6.07) is 6.77. The summed E-state index contributed by atoms with van der Waals surface area (Å²) in [6.45, 7) is 4.81. The predicted molar refractivity (Wildman–Crippen MR) is 122 cm³/mol. The van der Waals surface area contributed by atoms with Crippen LogP contribution in [-0.4, -0.2) is 38.1 Å². The number of aliphatic imine (C=N–C) groups is 1. The topological polar surface area (TPSA) is 52.6 Å². The third kappa shape index (κ3) is 5.57. The highest BCUT2D eigenvalue weighted by Crippen LogP contribution is 2.26. The first-order valence-corrected chi connectivity index (χ1v) is 9.72. The number of guanidine groups is 1. The average molecular weight is 485 g/mol. The third-order valence-corrected chi connectivity index (χ3v) is 5.34. The third-order valence-electron chi connectivity index (χ3n) is 4.52. The summed E-state index contributed by atoms with van der Waals surface area (Å²) in [6.07, 6.45) is 3.32.